The largest absolute Gasteiger partial charge is 0.470 e. The van der Waals surface area contributed by atoms with E-state index >= 15 is 0 Å². The maximum absolute atomic E-state index is 12.6. The lowest BCUT2D eigenvalue weighted by Gasteiger charge is -2.33. The van der Waals surface area contributed by atoms with E-state index in [9.17, 15) is 18.0 Å². The number of alkyl halides is 3. The number of hydrogen-bond donors (Lipinski definition) is 0. The Kier molecular flexibility index (Phi) is 6.09. The molecule has 0 aromatic carbocycles. The molecule has 0 aliphatic carbocycles. The Morgan fingerprint density at radius 3 is 2.45 bits per heavy atom. The smallest absolute Gasteiger partial charge is 0.416 e. The first-order chi connectivity index (χ1) is 14.9. The molecular formula is C19H20F3N7O2. The van der Waals surface area contributed by atoms with Gasteiger partial charge in [-0.1, -0.05) is 0 Å². The van der Waals surface area contributed by atoms with Gasteiger partial charge < -0.3 is 4.42 Å². The van der Waals surface area contributed by atoms with Crippen LogP contribution in [0.15, 0.2) is 45.9 Å². The summed E-state index contributed by atoms with van der Waals surface area (Å²) in [6, 6.07) is 6.86. The van der Waals surface area contributed by atoms with E-state index in [0.29, 0.717) is 45.0 Å². The molecule has 0 N–H and O–H groups in total. The van der Waals surface area contributed by atoms with Crippen LogP contribution >= 0.6 is 0 Å². The Morgan fingerprint density at radius 1 is 1.00 bits per heavy atom. The first-order valence-corrected chi connectivity index (χ1v) is 9.71. The van der Waals surface area contributed by atoms with Gasteiger partial charge in [0.15, 0.2) is 0 Å². The van der Waals surface area contributed by atoms with Gasteiger partial charge in [-0.05, 0) is 18.2 Å². The van der Waals surface area contributed by atoms with Crippen LogP contribution in [0, 0.1) is 0 Å². The minimum Gasteiger partial charge on any atom is -0.416 e. The zero-order valence-corrected chi connectivity index (χ0v) is 16.5. The van der Waals surface area contributed by atoms with E-state index < -0.39 is 12.1 Å². The second-order valence-electron chi connectivity index (χ2n) is 7.14. The molecule has 0 amide bonds. The van der Waals surface area contributed by atoms with Gasteiger partial charge in [0.2, 0.25) is 5.89 Å². The normalized spacial score (nSPS) is 16.0. The van der Waals surface area contributed by atoms with Gasteiger partial charge in [0.1, 0.15) is 0 Å². The predicted octanol–water partition coefficient (Wildman–Crippen LogP) is 1.52. The summed E-state index contributed by atoms with van der Waals surface area (Å²) >= 11 is 0. The van der Waals surface area contributed by atoms with E-state index in [1.165, 1.54) is 10.7 Å². The molecule has 1 aliphatic rings. The maximum Gasteiger partial charge on any atom is 0.470 e. The van der Waals surface area contributed by atoms with Crippen LogP contribution in [0.3, 0.4) is 0 Å². The van der Waals surface area contributed by atoms with Gasteiger partial charge in [-0.2, -0.15) is 18.3 Å². The van der Waals surface area contributed by atoms with Crippen LogP contribution in [-0.4, -0.2) is 67.5 Å². The third-order valence-corrected chi connectivity index (χ3v) is 4.99. The lowest BCUT2D eigenvalue weighted by Crippen LogP contribution is -2.47. The molecule has 0 radical (unpaired) electrons. The average molecular weight is 435 g/mol. The van der Waals surface area contributed by atoms with Crippen molar-refractivity contribution in [3.05, 3.63) is 58.8 Å². The predicted molar refractivity (Wildman–Crippen MR) is 103 cm³/mol. The van der Waals surface area contributed by atoms with Crippen molar-refractivity contribution >= 4 is 0 Å². The lowest BCUT2D eigenvalue weighted by atomic mass is 10.2. The van der Waals surface area contributed by atoms with Crippen molar-refractivity contribution in [3.63, 3.8) is 0 Å². The number of pyridine rings is 1. The average Bonchev–Trinajstić information content (AvgIpc) is 3.24. The van der Waals surface area contributed by atoms with E-state index in [1.807, 2.05) is 17.0 Å². The van der Waals surface area contributed by atoms with Crippen LogP contribution < -0.4 is 5.56 Å². The molecule has 4 rings (SSSR count). The van der Waals surface area contributed by atoms with Gasteiger partial charge in [0.05, 0.1) is 18.8 Å². The Labute approximate surface area is 175 Å². The molecule has 12 heteroatoms. The Bertz CT molecular complexity index is 1060. The quantitative estimate of drug-likeness (QED) is 0.576. The minimum absolute atomic E-state index is 0.0521. The van der Waals surface area contributed by atoms with Crippen molar-refractivity contribution in [2.24, 2.45) is 0 Å². The van der Waals surface area contributed by atoms with Crippen molar-refractivity contribution in [2.45, 2.75) is 19.3 Å². The van der Waals surface area contributed by atoms with E-state index in [4.69, 9.17) is 4.42 Å². The van der Waals surface area contributed by atoms with Gasteiger partial charge in [-0.25, -0.2) is 4.68 Å². The van der Waals surface area contributed by atoms with Crippen molar-refractivity contribution in [1.29, 1.82) is 0 Å². The molecule has 1 saturated heterocycles. The molecule has 0 spiro atoms. The molecule has 3 aromatic rings. The monoisotopic (exact) mass is 435 g/mol. The zero-order chi connectivity index (χ0) is 21.8. The molecule has 31 heavy (non-hydrogen) atoms. The summed E-state index contributed by atoms with van der Waals surface area (Å²) in [5.74, 6) is -1.38. The molecule has 1 fully saturated rings. The highest BCUT2D eigenvalue weighted by Gasteiger charge is 2.38. The third kappa shape index (κ3) is 5.33. The van der Waals surface area contributed by atoms with Crippen LogP contribution in [0.1, 0.15) is 11.8 Å². The van der Waals surface area contributed by atoms with Gasteiger partial charge in [-0.3, -0.25) is 19.6 Å². The van der Waals surface area contributed by atoms with Crippen molar-refractivity contribution in [2.75, 3.05) is 32.7 Å². The highest BCUT2D eigenvalue weighted by molar-refractivity contribution is 5.56. The van der Waals surface area contributed by atoms with Gasteiger partial charge >= 0.3 is 12.1 Å². The summed E-state index contributed by atoms with van der Waals surface area (Å²) in [4.78, 5) is 20.4. The number of piperazine rings is 1. The fourth-order valence-electron chi connectivity index (χ4n) is 3.31. The molecule has 0 bridgehead atoms. The number of halogens is 3. The molecule has 0 unspecified atom stereocenters. The number of hydrogen-bond acceptors (Lipinski definition) is 8. The minimum atomic E-state index is -4.63. The zero-order valence-electron chi connectivity index (χ0n) is 16.5. The fraction of sp³-hybridized carbons (Fsp3) is 0.421. The summed E-state index contributed by atoms with van der Waals surface area (Å²) in [6.07, 6.45) is -1.27. The second-order valence-corrected chi connectivity index (χ2v) is 7.14. The number of nitrogens with zero attached hydrogens (tertiary/aromatic N) is 7. The summed E-state index contributed by atoms with van der Waals surface area (Å²) in [5.41, 5.74) is 1.33. The SMILES string of the molecule is O=c1ccc(-c2cccnc2)nn1CCN1CCN(Cc2nnc(C(F)(F)F)o2)CC1. The summed E-state index contributed by atoms with van der Waals surface area (Å²) in [6.45, 7) is 3.94. The van der Waals surface area contributed by atoms with E-state index in [2.05, 4.69) is 25.2 Å². The van der Waals surface area contributed by atoms with Gasteiger partial charge in [0, 0.05) is 56.7 Å². The molecule has 9 nitrogen and oxygen atoms in total. The first kappa shape index (κ1) is 21.1. The van der Waals surface area contributed by atoms with Gasteiger partial charge in [0.25, 0.3) is 5.56 Å². The fourth-order valence-corrected chi connectivity index (χ4v) is 3.31. The van der Waals surface area contributed by atoms with Crippen molar-refractivity contribution in [1.82, 2.24) is 34.8 Å². The van der Waals surface area contributed by atoms with Crippen LogP contribution in [0.25, 0.3) is 11.3 Å². The van der Waals surface area contributed by atoms with Crippen molar-refractivity contribution in [3.8, 4) is 11.3 Å². The molecular weight excluding hydrogens is 415 g/mol. The number of aromatic nitrogens is 5. The maximum atomic E-state index is 12.6. The van der Waals surface area contributed by atoms with E-state index in [-0.39, 0.29) is 18.0 Å². The topological polar surface area (TPSA) is 93.2 Å². The first-order valence-electron chi connectivity index (χ1n) is 9.71. The third-order valence-electron chi connectivity index (χ3n) is 4.99. The Hall–Kier alpha value is -3.12. The van der Waals surface area contributed by atoms with Crippen LogP contribution in [-0.2, 0) is 19.3 Å². The number of rotatable bonds is 6. The highest BCUT2D eigenvalue weighted by atomic mass is 19.4. The molecule has 0 atom stereocenters. The Balaban J connectivity index is 1.29. The molecule has 4 heterocycles. The second kappa shape index (κ2) is 8.94. The van der Waals surface area contributed by atoms with Crippen molar-refractivity contribution < 1.29 is 17.6 Å². The summed E-state index contributed by atoms with van der Waals surface area (Å²) in [7, 11) is 0. The van der Waals surface area contributed by atoms with E-state index in [0.717, 1.165) is 5.56 Å². The Morgan fingerprint density at radius 2 is 1.77 bits per heavy atom. The molecule has 164 valence electrons. The lowest BCUT2D eigenvalue weighted by molar-refractivity contribution is -0.157. The van der Waals surface area contributed by atoms with Crippen LogP contribution in [0.4, 0.5) is 13.2 Å². The molecule has 0 saturated carbocycles. The standard InChI is InChI=1S/C19H20F3N7O2/c20-19(21,22)18-25-24-16(31-18)13-28-8-6-27(7-9-28)10-11-29-17(30)4-3-15(26-29)14-2-1-5-23-12-14/h1-5,12H,6-11,13H2. The highest BCUT2D eigenvalue weighted by Crippen LogP contribution is 2.27. The molecule has 1 aliphatic heterocycles. The van der Waals surface area contributed by atoms with E-state index in [1.54, 1.807) is 18.5 Å². The summed E-state index contributed by atoms with van der Waals surface area (Å²) < 4.78 is 43.8. The van der Waals surface area contributed by atoms with Crippen LogP contribution in [0.5, 0.6) is 0 Å². The molecule has 3 aromatic heterocycles. The summed E-state index contributed by atoms with van der Waals surface area (Å²) in [5, 5.41) is 10.9. The van der Waals surface area contributed by atoms with Gasteiger partial charge in [-0.15, -0.1) is 10.2 Å². The van der Waals surface area contributed by atoms with Crippen LogP contribution in [0.2, 0.25) is 0 Å².